The third-order valence-electron chi connectivity index (χ3n) is 7.25. The van der Waals surface area contributed by atoms with E-state index in [0.717, 1.165) is 31.2 Å². The fraction of sp³-hybridized carbons (Fsp3) is 0.577. The summed E-state index contributed by atoms with van der Waals surface area (Å²) in [6.07, 6.45) is 12.5. The summed E-state index contributed by atoms with van der Waals surface area (Å²) in [5, 5.41) is 10.8. The zero-order valence-electron chi connectivity index (χ0n) is 20.7. The van der Waals surface area contributed by atoms with Gasteiger partial charge in [0.2, 0.25) is 5.91 Å². The van der Waals surface area contributed by atoms with Gasteiger partial charge < -0.3 is 9.84 Å². The molecule has 1 N–H and O–H groups in total. The van der Waals surface area contributed by atoms with Crippen LogP contribution < -0.4 is 4.90 Å². The summed E-state index contributed by atoms with van der Waals surface area (Å²) in [6.45, 7) is 1.11. The van der Waals surface area contributed by atoms with E-state index < -0.39 is 15.4 Å². The van der Waals surface area contributed by atoms with Crippen molar-refractivity contribution in [3.8, 4) is 0 Å². The molecule has 2 aromatic rings. The van der Waals surface area contributed by atoms with E-state index >= 15 is 0 Å². The molecule has 2 heterocycles. The zero-order chi connectivity index (χ0) is 25.8. The summed E-state index contributed by atoms with van der Waals surface area (Å²) in [4.78, 5) is 23.9. The molecule has 2 aliphatic rings. The molecule has 1 aliphatic heterocycles. The van der Waals surface area contributed by atoms with Gasteiger partial charge in [-0.2, -0.15) is 0 Å². The molecule has 196 valence electrons. The third kappa shape index (κ3) is 6.82. The van der Waals surface area contributed by atoms with Crippen molar-refractivity contribution in [3.63, 3.8) is 0 Å². The number of sulfone groups is 1. The fourth-order valence-corrected chi connectivity index (χ4v) is 6.35. The minimum atomic E-state index is -3.50. The van der Waals surface area contributed by atoms with E-state index in [9.17, 15) is 18.3 Å². The van der Waals surface area contributed by atoms with Gasteiger partial charge in [-0.15, -0.1) is 0 Å². The Balaban J connectivity index is 1.54. The minimum absolute atomic E-state index is 0.0127. The molecule has 1 aromatic carbocycles. The van der Waals surface area contributed by atoms with Crippen molar-refractivity contribution in [2.75, 3.05) is 24.4 Å². The molecule has 1 amide bonds. The van der Waals surface area contributed by atoms with Crippen molar-refractivity contribution >= 4 is 38.9 Å². The Labute approximate surface area is 218 Å². The normalized spacial score (nSPS) is 18.3. The lowest BCUT2D eigenvalue weighted by Crippen LogP contribution is -2.36. The van der Waals surface area contributed by atoms with Crippen LogP contribution >= 0.6 is 11.6 Å². The van der Waals surface area contributed by atoms with Crippen LogP contribution in [0.4, 0.5) is 11.5 Å². The average molecular weight is 536 g/mol. The third-order valence-corrected chi connectivity index (χ3v) is 8.83. The summed E-state index contributed by atoms with van der Waals surface area (Å²) in [5.41, 5.74) is 0.420. The number of rotatable bonds is 9. The Kier molecular flexibility index (Phi) is 8.65. The topological polar surface area (TPSA) is 110 Å². The van der Waals surface area contributed by atoms with Gasteiger partial charge in [0.05, 0.1) is 39.3 Å². The number of carbonyl (C=O) groups excluding carboxylic acids is 1. The number of ether oxygens (including phenoxy) is 1. The summed E-state index contributed by atoms with van der Waals surface area (Å²) < 4.78 is 29.4. The molecule has 8 nitrogen and oxygen atoms in total. The maximum atomic E-state index is 13.4. The maximum Gasteiger partial charge on any atom is 0.232 e. The fourth-order valence-electron chi connectivity index (χ4n) is 5.03. The number of aromatic nitrogens is 2. The van der Waals surface area contributed by atoms with Crippen LogP contribution in [0.25, 0.3) is 0 Å². The van der Waals surface area contributed by atoms with Crippen LogP contribution in [0.15, 0.2) is 35.5 Å². The molecule has 1 saturated carbocycles. The summed E-state index contributed by atoms with van der Waals surface area (Å²) >= 11 is 6.30. The highest BCUT2D eigenvalue weighted by molar-refractivity contribution is 7.90. The Morgan fingerprint density at radius 2 is 1.92 bits per heavy atom. The van der Waals surface area contributed by atoms with Gasteiger partial charge in [0.1, 0.15) is 0 Å². The standard InChI is InChI=1S/C26H34ClN3O5S/c1-36(33,34)23-8-7-21(16-22(23)27)30(25(31)9-6-19-4-2-3-5-19)24-18-28-20(17-29-24)10-11-26(32)12-14-35-15-13-26/h7-8,16-19,32H,2-6,9-15H2,1H3. The van der Waals surface area contributed by atoms with E-state index in [1.54, 1.807) is 18.5 Å². The molecule has 0 bridgehead atoms. The van der Waals surface area contributed by atoms with Gasteiger partial charge in [-0.1, -0.05) is 37.3 Å². The average Bonchev–Trinajstić information content (AvgIpc) is 3.36. The number of nitrogens with zero attached hydrogens (tertiary/aromatic N) is 3. The lowest BCUT2D eigenvalue weighted by Gasteiger charge is -2.31. The lowest BCUT2D eigenvalue weighted by molar-refractivity contribution is -0.118. The van der Waals surface area contributed by atoms with Gasteiger partial charge in [0, 0.05) is 25.9 Å². The van der Waals surface area contributed by atoms with Crippen LogP contribution in [-0.4, -0.2) is 54.5 Å². The van der Waals surface area contributed by atoms with Crippen LogP contribution in [0.1, 0.15) is 63.5 Å². The Morgan fingerprint density at radius 1 is 1.19 bits per heavy atom. The van der Waals surface area contributed by atoms with E-state index in [2.05, 4.69) is 9.97 Å². The number of aryl methyl sites for hydroxylation is 1. The number of halogens is 1. The van der Waals surface area contributed by atoms with Crippen LogP contribution in [0, 0.1) is 5.92 Å². The van der Waals surface area contributed by atoms with Crippen LogP contribution in [-0.2, 0) is 25.8 Å². The van der Waals surface area contributed by atoms with E-state index in [-0.39, 0.29) is 15.8 Å². The molecule has 36 heavy (non-hydrogen) atoms. The van der Waals surface area contributed by atoms with Crippen molar-refractivity contribution in [1.29, 1.82) is 0 Å². The van der Waals surface area contributed by atoms with Crippen molar-refractivity contribution in [2.45, 2.75) is 74.7 Å². The maximum absolute atomic E-state index is 13.4. The molecular weight excluding hydrogens is 502 g/mol. The van der Waals surface area contributed by atoms with Crippen LogP contribution in [0.2, 0.25) is 5.02 Å². The van der Waals surface area contributed by atoms with Gasteiger partial charge in [-0.25, -0.2) is 13.4 Å². The number of hydrogen-bond donors (Lipinski definition) is 1. The number of anilines is 2. The molecule has 2 fully saturated rings. The van der Waals surface area contributed by atoms with Gasteiger partial charge >= 0.3 is 0 Å². The van der Waals surface area contributed by atoms with Crippen molar-refractivity contribution < 1.29 is 23.1 Å². The molecule has 0 atom stereocenters. The first kappa shape index (κ1) is 27.0. The predicted octanol–water partition coefficient (Wildman–Crippen LogP) is 4.64. The van der Waals surface area contributed by atoms with Crippen LogP contribution in [0.3, 0.4) is 0 Å². The second kappa shape index (κ2) is 11.5. The second-order valence-electron chi connectivity index (χ2n) is 10.0. The molecule has 1 aliphatic carbocycles. The van der Waals surface area contributed by atoms with E-state index in [1.165, 1.54) is 29.9 Å². The lowest BCUT2D eigenvalue weighted by atomic mass is 9.89. The summed E-state index contributed by atoms with van der Waals surface area (Å²) in [7, 11) is -3.50. The monoisotopic (exact) mass is 535 g/mol. The van der Waals surface area contributed by atoms with Gasteiger partial charge in [0.15, 0.2) is 15.7 Å². The molecule has 1 saturated heterocycles. The summed E-state index contributed by atoms with van der Waals surface area (Å²) in [5.74, 6) is 0.767. The number of aliphatic hydroxyl groups is 1. The van der Waals surface area contributed by atoms with E-state index in [0.29, 0.717) is 62.7 Å². The highest BCUT2D eigenvalue weighted by atomic mass is 35.5. The first-order chi connectivity index (χ1) is 17.1. The van der Waals surface area contributed by atoms with Crippen molar-refractivity contribution in [2.24, 2.45) is 5.92 Å². The SMILES string of the molecule is CS(=O)(=O)c1ccc(N(C(=O)CCC2CCCC2)c2cnc(CCC3(O)CCOCC3)cn2)cc1Cl. The Bertz CT molecular complexity index is 1160. The molecule has 10 heteroatoms. The number of benzene rings is 1. The van der Waals surface area contributed by atoms with Gasteiger partial charge in [-0.3, -0.25) is 14.7 Å². The van der Waals surface area contributed by atoms with Gasteiger partial charge in [0.25, 0.3) is 0 Å². The van der Waals surface area contributed by atoms with Crippen molar-refractivity contribution in [1.82, 2.24) is 9.97 Å². The number of carbonyl (C=O) groups is 1. The molecular formula is C26H34ClN3O5S. The van der Waals surface area contributed by atoms with E-state index in [4.69, 9.17) is 16.3 Å². The minimum Gasteiger partial charge on any atom is -0.390 e. The molecule has 1 aromatic heterocycles. The quantitative estimate of drug-likeness (QED) is 0.498. The second-order valence-corrected chi connectivity index (χ2v) is 12.4. The summed E-state index contributed by atoms with van der Waals surface area (Å²) in [6, 6.07) is 4.48. The Morgan fingerprint density at radius 3 is 2.53 bits per heavy atom. The van der Waals surface area contributed by atoms with E-state index in [1.807, 2.05) is 0 Å². The Hall–Kier alpha value is -2.07. The van der Waals surface area contributed by atoms with Crippen LogP contribution in [0.5, 0.6) is 0 Å². The molecule has 0 spiro atoms. The van der Waals surface area contributed by atoms with Crippen molar-refractivity contribution in [3.05, 3.63) is 41.3 Å². The largest absolute Gasteiger partial charge is 0.390 e. The highest BCUT2D eigenvalue weighted by Gasteiger charge is 2.30. The zero-order valence-corrected chi connectivity index (χ0v) is 22.2. The molecule has 0 unspecified atom stereocenters. The smallest absolute Gasteiger partial charge is 0.232 e. The number of hydrogen-bond acceptors (Lipinski definition) is 7. The first-order valence-electron chi connectivity index (χ1n) is 12.6. The molecule has 0 radical (unpaired) electrons. The first-order valence-corrected chi connectivity index (χ1v) is 14.9. The number of amides is 1. The highest BCUT2D eigenvalue weighted by Crippen LogP contribution is 2.33. The predicted molar refractivity (Wildman–Crippen MR) is 138 cm³/mol. The molecule has 4 rings (SSSR count). The van der Waals surface area contributed by atoms with Gasteiger partial charge in [-0.05, 0) is 56.2 Å².